The van der Waals surface area contributed by atoms with E-state index in [0.29, 0.717) is 5.82 Å². The van der Waals surface area contributed by atoms with E-state index < -0.39 is 5.97 Å². The van der Waals surface area contributed by atoms with Crippen molar-refractivity contribution in [1.82, 2.24) is 15.3 Å². The van der Waals surface area contributed by atoms with Crippen molar-refractivity contribution in [2.75, 3.05) is 6.54 Å². The number of aromatic carboxylic acids is 1. The number of carboxylic acid groups (broad SMARTS) is 1. The van der Waals surface area contributed by atoms with Gasteiger partial charge in [0.2, 0.25) is 0 Å². The van der Waals surface area contributed by atoms with Gasteiger partial charge in [0.1, 0.15) is 5.82 Å². The highest BCUT2D eigenvalue weighted by molar-refractivity contribution is 5.86. The highest BCUT2D eigenvalue weighted by Gasteiger charge is 2.18. The summed E-state index contributed by atoms with van der Waals surface area (Å²) in [5.41, 5.74) is 0.131. The van der Waals surface area contributed by atoms with Crippen molar-refractivity contribution in [2.45, 2.75) is 18.9 Å². The Morgan fingerprint density at radius 1 is 1.47 bits per heavy atom. The highest BCUT2D eigenvalue weighted by atomic mass is 35.5. The highest BCUT2D eigenvalue weighted by Crippen LogP contribution is 2.18. The van der Waals surface area contributed by atoms with Crippen LogP contribution in [0, 0.1) is 0 Å². The monoisotopic (exact) mass is 229 g/mol. The number of hydrogen-bond acceptors (Lipinski definition) is 4. The first-order valence-corrected chi connectivity index (χ1v) is 4.56. The summed E-state index contributed by atoms with van der Waals surface area (Å²) < 4.78 is 0. The molecule has 5 nitrogen and oxygen atoms in total. The van der Waals surface area contributed by atoms with E-state index in [1.165, 1.54) is 12.4 Å². The van der Waals surface area contributed by atoms with Gasteiger partial charge in [-0.15, -0.1) is 12.4 Å². The van der Waals surface area contributed by atoms with E-state index in [4.69, 9.17) is 5.11 Å². The number of hydrogen-bond donors (Lipinski definition) is 2. The lowest BCUT2D eigenvalue weighted by Crippen LogP contribution is -2.16. The molecule has 15 heavy (non-hydrogen) atoms. The molecule has 6 heteroatoms. The maximum absolute atomic E-state index is 10.5. The second kappa shape index (κ2) is 5.04. The molecule has 1 aromatic heterocycles. The molecule has 1 unspecified atom stereocenters. The predicted molar refractivity (Wildman–Crippen MR) is 56.2 cm³/mol. The van der Waals surface area contributed by atoms with Gasteiger partial charge in [0.25, 0.3) is 0 Å². The van der Waals surface area contributed by atoms with Gasteiger partial charge in [-0.2, -0.15) is 0 Å². The fraction of sp³-hybridized carbons (Fsp3) is 0.444. The molecule has 2 heterocycles. The summed E-state index contributed by atoms with van der Waals surface area (Å²) in [6.45, 7) is 0.981. The van der Waals surface area contributed by atoms with Gasteiger partial charge < -0.3 is 10.4 Å². The Kier molecular flexibility index (Phi) is 3.99. The largest absolute Gasteiger partial charge is 0.478 e. The van der Waals surface area contributed by atoms with E-state index >= 15 is 0 Å². The van der Waals surface area contributed by atoms with Crippen molar-refractivity contribution in [1.29, 1.82) is 0 Å². The van der Waals surface area contributed by atoms with E-state index in [1.807, 2.05) is 0 Å². The Balaban J connectivity index is 0.00000112. The molecule has 1 aliphatic rings. The molecular formula is C9H12ClN3O2. The molecule has 0 saturated carbocycles. The molecule has 1 atom stereocenters. The van der Waals surface area contributed by atoms with Gasteiger partial charge in [0.05, 0.1) is 11.6 Å². The summed E-state index contributed by atoms with van der Waals surface area (Å²) in [5.74, 6) is -0.302. The average molecular weight is 230 g/mol. The molecule has 0 bridgehead atoms. The zero-order chi connectivity index (χ0) is 9.97. The average Bonchev–Trinajstić information content (AvgIpc) is 2.71. The van der Waals surface area contributed by atoms with Gasteiger partial charge in [-0.05, 0) is 19.4 Å². The summed E-state index contributed by atoms with van der Waals surface area (Å²) in [5, 5.41) is 11.9. The van der Waals surface area contributed by atoms with Gasteiger partial charge in [0.15, 0.2) is 0 Å². The van der Waals surface area contributed by atoms with E-state index in [1.54, 1.807) is 0 Å². The third-order valence-corrected chi connectivity index (χ3v) is 2.29. The lowest BCUT2D eigenvalue weighted by atomic mass is 10.2. The first kappa shape index (κ1) is 11.9. The Hall–Kier alpha value is -1.20. The summed E-state index contributed by atoms with van der Waals surface area (Å²) in [6, 6.07) is 0.192. The summed E-state index contributed by atoms with van der Waals surface area (Å²) in [4.78, 5) is 18.6. The molecule has 1 saturated heterocycles. The number of halogens is 1. The molecule has 2 rings (SSSR count). The van der Waals surface area contributed by atoms with Crippen LogP contribution in [0.15, 0.2) is 12.4 Å². The van der Waals surface area contributed by atoms with Crippen LogP contribution in [0.25, 0.3) is 0 Å². The zero-order valence-corrected chi connectivity index (χ0v) is 8.83. The topological polar surface area (TPSA) is 75.1 Å². The summed E-state index contributed by atoms with van der Waals surface area (Å²) >= 11 is 0. The lowest BCUT2D eigenvalue weighted by molar-refractivity contribution is 0.0696. The normalized spacial score (nSPS) is 19.6. The standard InChI is InChI=1S/C9H11N3O2.ClH/c13-9(14)6-4-11-8(12-5-6)7-2-1-3-10-7;/h4-5,7,10H,1-3H2,(H,13,14);1H. The molecule has 1 fully saturated rings. The molecule has 0 amide bonds. The van der Waals surface area contributed by atoms with Crippen LogP contribution in [-0.2, 0) is 0 Å². The van der Waals surface area contributed by atoms with Crippen molar-refractivity contribution in [3.8, 4) is 0 Å². The van der Waals surface area contributed by atoms with Crippen LogP contribution >= 0.6 is 12.4 Å². The number of carbonyl (C=O) groups is 1. The second-order valence-corrected chi connectivity index (χ2v) is 3.28. The van der Waals surface area contributed by atoms with Gasteiger partial charge in [-0.25, -0.2) is 14.8 Å². The summed E-state index contributed by atoms with van der Waals surface area (Å²) in [6.07, 6.45) is 4.84. The first-order valence-electron chi connectivity index (χ1n) is 4.56. The van der Waals surface area contributed by atoms with Gasteiger partial charge in [-0.3, -0.25) is 0 Å². The van der Waals surface area contributed by atoms with Gasteiger partial charge in [0, 0.05) is 12.4 Å². The minimum atomic E-state index is -0.990. The Bertz CT molecular complexity index is 336. The van der Waals surface area contributed by atoms with Crippen LogP contribution in [-0.4, -0.2) is 27.6 Å². The van der Waals surface area contributed by atoms with Crippen LogP contribution in [0.2, 0.25) is 0 Å². The number of nitrogens with one attached hydrogen (secondary N) is 1. The minimum Gasteiger partial charge on any atom is -0.478 e. The molecular weight excluding hydrogens is 218 g/mol. The molecule has 0 spiro atoms. The van der Waals surface area contributed by atoms with Crippen LogP contribution in [0.5, 0.6) is 0 Å². The fourth-order valence-corrected chi connectivity index (χ4v) is 1.53. The first-order chi connectivity index (χ1) is 6.77. The Morgan fingerprint density at radius 3 is 2.60 bits per heavy atom. The number of nitrogens with zero attached hydrogens (tertiary/aromatic N) is 2. The Morgan fingerprint density at radius 2 is 2.13 bits per heavy atom. The molecule has 2 N–H and O–H groups in total. The number of carboxylic acids is 1. The smallest absolute Gasteiger partial charge is 0.338 e. The van der Waals surface area contributed by atoms with E-state index in [0.717, 1.165) is 19.4 Å². The van der Waals surface area contributed by atoms with Crippen LogP contribution < -0.4 is 5.32 Å². The molecule has 0 aliphatic carbocycles. The van der Waals surface area contributed by atoms with Crippen molar-refractivity contribution >= 4 is 18.4 Å². The van der Waals surface area contributed by atoms with Crippen molar-refractivity contribution in [2.24, 2.45) is 0 Å². The summed E-state index contributed by atoms with van der Waals surface area (Å²) in [7, 11) is 0. The fourth-order valence-electron chi connectivity index (χ4n) is 1.53. The second-order valence-electron chi connectivity index (χ2n) is 3.28. The van der Waals surface area contributed by atoms with Crippen LogP contribution in [0.4, 0.5) is 0 Å². The van der Waals surface area contributed by atoms with E-state index in [-0.39, 0.29) is 24.0 Å². The van der Waals surface area contributed by atoms with Crippen molar-refractivity contribution in [3.05, 3.63) is 23.8 Å². The third kappa shape index (κ3) is 2.64. The number of aromatic nitrogens is 2. The molecule has 0 aromatic carbocycles. The van der Waals surface area contributed by atoms with E-state index in [9.17, 15) is 4.79 Å². The SMILES string of the molecule is Cl.O=C(O)c1cnc(C2CCCN2)nc1. The van der Waals surface area contributed by atoms with Crippen molar-refractivity contribution < 1.29 is 9.90 Å². The van der Waals surface area contributed by atoms with Crippen LogP contribution in [0.3, 0.4) is 0 Å². The minimum absolute atomic E-state index is 0. The molecule has 1 aliphatic heterocycles. The predicted octanol–water partition coefficient (Wildman–Crippen LogP) is 1.02. The molecule has 0 radical (unpaired) electrons. The maximum atomic E-state index is 10.5. The van der Waals surface area contributed by atoms with Gasteiger partial charge in [-0.1, -0.05) is 0 Å². The van der Waals surface area contributed by atoms with Gasteiger partial charge >= 0.3 is 5.97 Å². The zero-order valence-electron chi connectivity index (χ0n) is 8.01. The third-order valence-electron chi connectivity index (χ3n) is 2.29. The maximum Gasteiger partial charge on any atom is 0.338 e. The molecule has 1 aromatic rings. The Labute approximate surface area is 93.3 Å². The van der Waals surface area contributed by atoms with E-state index in [2.05, 4.69) is 15.3 Å². The van der Waals surface area contributed by atoms with Crippen LogP contribution in [0.1, 0.15) is 35.1 Å². The quantitative estimate of drug-likeness (QED) is 0.792. The lowest BCUT2D eigenvalue weighted by Gasteiger charge is -2.07. The number of rotatable bonds is 2. The molecule has 82 valence electrons. The van der Waals surface area contributed by atoms with Crippen molar-refractivity contribution in [3.63, 3.8) is 0 Å².